The third kappa shape index (κ3) is 3.96. The Morgan fingerprint density at radius 1 is 1.39 bits per heavy atom. The van der Waals surface area contributed by atoms with E-state index in [1.54, 1.807) is 0 Å². The minimum atomic E-state index is -4.45. The first-order valence-corrected chi connectivity index (χ1v) is 7.87. The summed E-state index contributed by atoms with van der Waals surface area (Å²) in [5, 5.41) is 0.473. The Morgan fingerprint density at radius 3 is 2.74 bits per heavy atom. The average molecular weight is 343 g/mol. The van der Waals surface area contributed by atoms with Crippen molar-refractivity contribution in [1.29, 1.82) is 0 Å². The van der Waals surface area contributed by atoms with Crippen molar-refractivity contribution < 1.29 is 22.7 Å². The zero-order valence-electron chi connectivity index (χ0n) is 12.7. The molecule has 0 spiro atoms. The summed E-state index contributed by atoms with van der Waals surface area (Å²) in [6, 6.07) is 4.81. The maximum Gasteiger partial charge on any atom is 0.416 e. The number of carbonyl (C=O) groups excluding carboxylic acids is 1. The van der Waals surface area contributed by atoms with Crippen LogP contribution in [0.5, 0.6) is 0 Å². The molecule has 1 unspecified atom stereocenters. The molecule has 0 aliphatic carbocycles. The predicted molar refractivity (Wildman–Crippen MR) is 84.5 cm³/mol. The second-order valence-corrected chi connectivity index (χ2v) is 6.00. The van der Waals surface area contributed by atoms with Crippen LogP contribution in [0.4, 0.5) is 13.2 Å². The molecule has 7 heteroatoms. The maximum atomic E-state index is 12.9. The van der Waals surface area contributed by atoms with E-state index in [9.17, 15) is 18.0 Å². The third-order valence-electron chi connectivity index (χ3n) is 3.25. The molecule has 1 heterocycles. The number of allylic oxidation sites excluding steroid dienone is 1. The number of halogens is 3. The molecule has 124 valence electrons. The number of carbonyl (C=O) groups is 1. The summed E-state index contributed by atoms with van der Waals surface area (Å²) in [5.74, 6) is -1.09. The highest BCUT2D eigenvalue weighted by Crippen LogP contribution is 2.41. The largest absolute Gasteiger partial charge is 0.500 e. The van der Waals surface area contributed by atoms with E-state index in [4.69, 9.17) is 4.74 Å². The first-order chi connectivity index (χ1) is 10.9. The van der Waals surface area contributed by atoms with Gasteiger partial charge < -0.3 is 4.74 Å². The van der Waals surface area contributed by atoms with Gasteiger partial charge in [0.2, 0.25) is 0 Å². The van der Waals surface area contributed by atoms with Crippen molar-refractivity contribution in [2.75, 3.05) is 13.7 Å². The second-order valence-electron chi connectivity index (χ2n) is 4.94. The van der Waals surface area contributed by atoms with Crippen LogP contribution >= 0.6 is 11.8 Å². The Morgan fingerprint density at radius 2 is 2.13 bits per heavy atom. The molecule has 0 saturated carbocycles. The number of aliphatic imine (C=N–C) groups is 1. The number of hydrogen-bond acceptors (Lipinski definition) is 4. The Balaban J connectivity index is 2.35. The normalized spacial score (nSPS) is 22.1. The summed E-state index contributed by atoms with van der Waals surface area (Å²) in [6.07, 6.45) is -2.28. The Labute approximate surface area is 136 Å². The number of alkyl halides is 3. The van der Waals surface area contributed by atoms with Gasteiger partial charge >= 0.3 is 6.18 Å². The van der Waals surface area contributed by atoms with Gasteiger partial charge in [-0.15, -0.1) is 0 Å². The second kappa shape index (κ2) is 7.21. The molecule has 0 aromatic heterocycles. The molecule has 3 nitrogen and oxygen atoms in total. The van der Waals surface area contributed by atoms with Crippen molar-refractivity contribution in [2.24, 2.45) is 4.99 Å². The standard InChI is InChI=1S/C16H16F3NO2S/c1-3-7-22-9-12-14(21)13(15(20-2)23-12)10-5-4-6-11(8-10)16(17,18)19/h4-6,8-9,13H,3,7H2,1-2H3. The highest BCUT2D eigenvalue weighted by atomic mass is 32.2. The lowest BCUT2D eigenvalue weighted by molar-refractivity contribution is -0.137. The summed E-state index contributed by atoms with van der Waals surface area (Å²) in [7, 11) is 1.52. The third-order valence-corrected chi connectivity index (χ3v) is 4.39. The van der Waals surface area contributed by atoms with Crippen LogP contribution in [0.3, 0.4) is 0 Å². The zero-order chi connectivity index (χ0) is 17.0. The monoisotopic (exact) mass is 343 g/mol. The maximum absolute atomic E-state index is 12.9. The fraction of sp³-hybridized carbons (Fsp3) is 0.375. The number of nitrogens with zero attached hydrogens (tertiary/aromatic N) is 1. The number of hydrogen-bond donors (Lipinski definition) is 0. The molecule has 0 amide bonds. The van der Waals surface area contributed by atoms with E-state index in [2.05, 4.69) is 4.99 Å². The van der Waals surface area contributed by atoms with E-state index in [-0.39, 0.29) is 11.3 Å². The lowest BCUT2D eigenvalue weighted by atomic mass is 9.94. The van der Waals surface area contributed by atoms with E-state index in [0.717, 1.165) is 30.3 Å². The molecule has 1 aliphatic rings. The van der Waals surface area contributed by atoms with Crippen molar-refractivity contribution in [1.82, 2.24) is 0 Å². The van der Waals surface area contributed by atoms with Gasteiger partial charge in [0.1, 0.15) is 6.26 Å². The number of ether oxygens (including phenoxy) is 1. The van der Waals surface area contributed by atoms with Crippen LogP contribution in [0, 0.1) is 0 Å². The van der Waals surface area contributed by atoms with Crippen molar-refractivity contribution in [3.05, 3.63) is 46.6 Å². The van der Waals surface area contributed by atoms with Gasteiger partial charge in [0, 0.05) is 7.05 Å². The topological polar surface area (TPSA) is 38.7 Å². The summed E-state index contributed by atoms with van der Waals surface area (Å²) in [6.45, 7) is 2.41. The van der Waals surface area contributed by atoms with Crippen LogP contribution in [0.25, 0.3) is 0 Å². The van der Waals surface area contributed by atoms with Gasteiger partial charge in [-0.05, 0) is 18.1 Å². The van der Waals surface area contributed by atoms with E-state index in [1.807, 2.05) is 6.92 Å². The molecular weight excluding hydrogens is 327 g/mol. The molecule has 1 atom stereocenters. The number of thioether (sulfide) groups is 1. The lowest BCUT2D eigenvalue weighted by Crippen LogP contribution is -2.14. The van der Waals surface area contributed by atoms with E-state index < -0.39 is 17.7 Å². The molecule has 0 radical (unpaired) electrons. The van der Waals surface area contributed by atoms with Gasteiger partial charge in [0.05, 0.1) is 28.0 Å². The highest BCUT2D eigenvalue weighted by molar-refractivity contribution is 8.19. The van der Waals surface area contributed by atoms with Crippen molar-refractivity contribution in [2.45, 2.75) is 25.4 Å². The van der Waals surface area contributed by atoms with Gasteiger partial charge in [0.15, 0.2) is 5.78 Å². The minimum absolute atomic E-state index is 0.286. The Kier molecular flexibility index (Phi) is 5.51. The molecule has 2 rings (SSSR count). The number of Topliss-reactive ketones (excluding diaryl/α,β-unsaturated/α-hetero) is 1. The summed E-state index contributed by atoms with van der Waals surface area (Å²) >= 11 is 1.14. The number of benzene rings is 1. The van der Waals surface area contributed by atoms with Crippen molar-refractivity contribution in [3.8, 4) is 0 Å². The highest BCUT2D eigenvalue weighted by Gasteiger charge is 2.39. The Bertz CT molecular complexity index is 653. The molecule has 1 fully saturated rings. The molecule has 1 saturated heterocycles. The average Bonchev–Trinajstić information content (AvgIpc) is 2.83. The quantitative estimate of drug-likeness (QED) is 0.462. The SMILES string of the molecule is CCCOC=C1SC(=NC)C(c2cccc(C(F)(F)F)c2)C1=O. The molecule has 23 heavy (non-hydrogen) atoms. The van der Waals surface area contributed by atoms with Crippen LogP contribution in [0.15, 0.2) is 40.4 Å². The van der Waals surface area contributed by atoms with Crippen molar-refractivity contribution in [3.63, 3.8) is 0 Å². The van der Waals surface area contributed by atoms with E-state index >= 15 is 0 Å². The summed E-state index contributed by atoms with van der Waals surface area (Å²) in [5.41, 5.74) is -0.486. The van der Waals surface area contributed by atoms with E-state index in [1.165, 1.54) is 25.4 Å². The summed E-state index contributed by atoms with van der Waals surface area (Å²) in [4.78, 5) is 16.9. The van der Waals surface area contributed by atoms with Crippen LogP contribution in [-0.2, 0) is 15.7 Å². The molecule has 1 aromatic rings. The van der Waals surface area contributed by atoms with Gasteiger partial charge in [-0.25, -0.2) is 0 Å². The summed E-state index contributed by atoms with van der Waals surface area (Å²) < 4.78 is 43.8. The molecule has 1 aromatic carbocycles. The van der Waals surface area contributed by atoms with Crippen molar-refractivity contribution >= 4 is 22.6 Å². The van der Waals surface area contributed by atoms with Crippen LogP contribution < -0.4 is 0 Å². The molecule has 1 aliphatic heterocycles. The fourth-order valence-electron chi connectivity index (χ4n) is 2.17. The Hall–Kier alpha value is -1.76. The minimum Gasteiger partial charge on any atom is -0.500 e. The molecule has 0 N–H and O–H groups in total. The van der Waals surface area contributed by atoms with E-state index in [0.29, 0.717) is 16.6 Å². The van der Waals surface area contributed by atoms with Crippen LogP contribution in [0.1, 0.15) is 30.4 Å². The number of rotatable bonds is 4. The van der Waals surface area contributed by atoms with Crippen LogP contribution in [0.2, 0.25) is 0 Å². The first kappa shape index (κ1) is 17.6. The van der Waals surface area contributed by atoms with Gasteiger partial charge in [-0.1, -0.05) is 36.9 Å². The molecular formula is C16H16F3NO2S. The fourth-order valence-corrected chi connectivity index (χ4v) is 3.19. The zero-order valence-corrected chi connectivity index (χ0v) is 13.5. The van der Waals surface area contributed by atoms with Crippen LogP contribution in [-0.4, -0.2) is 24.5 Å². The van der Waals surface area contributed by atoms with Gasteiger partial charge in [0.25, 0.3) is 0 Å². The predicted octanol–water partition coefficient (Wildman–Crippen LogP) is 4.40. The smallest absolute Gasteiger partial charge is 0.416 e. The number of ketones is 1. The van der Waals surface area contributed by atoms with Gasteiger partial charge in [-0.3, -0.25) is 9.79 Å². The van der Waals surface area contributed by atoms with Gasteiger partial charge in [-0.2, -0.15) is 13.2 Å². The molecule has 0 bridgehead atoms. The lowest BCUT2D eigenvalue weighted by Gasteiger charge is -2.12. The first-order valence-electron chi connectivity index (χ1n) is 7.06.